The van der Waals surface area contributed by atoms with E-state index in [2.05, 4.69) is 13.8 Å². The number of rotatable bonds is 35. The number of hydrogen-bond donors (Lipinski definition) is 1. The molecule has 0 amide bonds. The number of carbonyl (C=O) groups excluding carboxylic acids is 2. The molecule has 0 rings (SSSR count). The van der Waals surface area contributed by atoms with Crippen LogP contribution in [-0.2, 0) is 32.7 Å². The van der Waals surface area contributed by atoms with Gasteiger partial charge >= 0.3 is 19.8 Å². The van der Waals surface area contributed by atoms with Crippen LogP contribution in [0.4, 0.5) is 0 Å². The monoisotopic (exact) mass is 707 g/mol. The highest BCUT2D eigenvalue weighted by Crippen LogP contribution is 2.45. The summed E-state index contributed by atoms with van der Waals surface area (Å²) in [5.74, 6) is -0.791. The summed E-state index contributed by atoms with van der Waals surface area (Å²) in [5.41, 5.74) is 0. The molecule has 0 aliphatic rings. The van der Waals surface area contributed by atoms with Crippen molar-refractivity contribution in [3.63, 3.8) is 0 Å². The lowest BCUT2D eigenvalue weighted by Gasteiger charge is -2.29. The van der Waals surface area contributed by atoms with E-state index in [1.165, 1.54) is 103 Å². The Labute approximate surface area is 295 Å². The van der Waals surface area contributed by atoms with E-state index < -0.39 is 32.6 Å². The highest BCUT2D eigenvalue weighted by atomic mass is 31.2. The number of ether oxygens (including phenoxy) is 2. The Morgan fingerprint density at radius 3 is 1.38 bits per heavy atom. The molecule has 1 N–H and O–H groups in total. The van der Waals surface area contributed by atoms with Crippen molar-refractivity contribution in [2.45, 2.75) is 193 Å². The summed E-state index contributed by atoms with van der Waals surface area (Å²) in [4.78, 5) is 35.5. The first-order chi connectivity index (χ1) is 22.9. The minimum atomic E-state index is -4.43. The average Bonchev–Trinajstić information content (AvgIpc) is 3.02. The largest absolute Gasteiger partial charge is 0.472 e. The third kappa shape index (κ3) is 32.2. The van der Waals surface area contributed by atoms with Crippen LogP contribution in [0.5, 0.6) is 0 Å². The van der Waals surface area contributed by atoms with E-state index in [1.54, 1.807) is 0 Å². The Hall–Kier alpha value is -0.990. The van der Waals surface area contributed by atoms with Gasteiger partial charge in [0.1, 0.15) is 19.3 Å². The smallest absolute Gasteiger partial charge is 0.462 e. The van der Waals surface area contributed by atoms with Crippen LogP contribution in [0.25, 0.3) is 0 Å². The Balaban J connectivity index is 4.62. The van der Waals surface area contributed by atoms with Crippen molar-refractivity contribution in [3.8, 4) is 0 Å². The maximum absolute atomic E-state index is 12.8. The summed E-state index contributed by atoms with van der Waals surface area (Å²) in [7, 11) is 1.50. The van der Waals surface area contributed by atoms with Crippen LogP contribution in [0.3, 0.4) is 0 Å². The molecule has 0 fully saturated rings. The van der Waals surface area contributed by atoms with Crippen molar-refractivity contribution in [1.82, 2.24) is 0 Å². The Kier molecular flexibility index (Phi) is 30.2. The molecule has 0 saturated heterocycles. The molecule has 3 atom stereocenters. The number of phosphoric acid groups is 1. The summed E-state index contributed by atoms with van der Waals surface area (Å²) >= 11 is 0. The number of quaternary nitrogens is 1. The van der Waals surface area contributed by atoms with Crippen molar-refractivity contribution in [2.75, 3.05) is 40.9 Å². The molecule has 2 unspecified atom stereocenters. The molecule has 0 aromatic rings. The first kappa shape index (κ1) is 47.0. The van der Waals surface area contributed by atoms with Crippen molar-refractivity contribution in [3.05, 3.63) is 0 Å². The lowest BCUT2D eigenvalue weighted by molar-refractivity contribution is -0.873. The second-order valence-corrected chi connectivity index (χ2v) is 16.1. The van der Waals surface area contributed by atoms with Crippen molar-refractivity contribution < 1.29 is 42.1 Å². The van der Waals surface area contributed by atoms with E-state index in [-0.39, 0.29) is 19.0 Å². The molecule has 0 aliphatic carbocycles. The molecule has 0 aliphatic heterocycles. The fourth-order valence-corrected chi connectivity index (χ4v) is 6.74. The maximum atomic E-state index is 12.8. The van der Waals surface area contributed by atoms with Gasteiger partial charge in [-0.3, -0.25) is 18.6 Å². The second-order valence-electron chi connectivity index (χ2n) is 14.7. The number of hydrogen-bond acceptors (Lipinski definition) is 7. The Bertz CT molecular complexity index is 819. The lowest BCUT2D eigenvalue weighted by atomic mass is 10.1. The molecule has 48 heavy (non-hydrogen) atoms. The highest BCUT2D eigenvalue weighted by molar-refractivity contribution is 7.47. The molecule has 0 spiro atoms. The number of likely N-dealkylation sites (N-methyl/N-ethyl adjacent to an activating group) is 1. The number of nitrogens with zero attached hydrogens (tertiary/aromatic N) is 1. The fraction of sp³-hybridized carbons (Fsp3) is 0.947. The minimum absolute atomic E-state index is 0.225. The zero-order chi connectivity index (χ0) is 35.9. The van der Waals surface area contributed by atoms with E-state index in [0.29, 0.717) is 30.3 Å². The van der Waals surface area contributed by atoms with Gasteiger partial charge in [-0.1, -0.05) is 149 Å². The lowest BCUT2D eigenvalue weighted by Crippen LogP contribution is -2.42. The van der Waals surface area contributed by atoms with Crippen LogP contribution >= 0.6 is 7.82 Å². The second kappa shape index (κ2) is 30.8. The van der Waals surface area contributed by atoms with Crippen LogP contribution < -0.4 is 0 Å². The standard InChI is InChI=1S/C38H76NO8P/c1-7-10-12-14-16-18-20-22-24-26-28-30-37(40)44-33-36(34-45-48(42,43)47-35(9-3)32-39(4,5)6)46-38(41)31-29-27-25-23-21-19-17-15-13-11-8-2/h35-36H,7-34H2,1-6H3/p+1/t35?,36-/m1/s1. The molecule has 0 saturated carbocycles. The van der Waals surface area contributed by atoms with Crippen molar-refractivity contribution in [2.24, 2.45) is 0 Å². The minimum Gasteiger partial charge on any atom is -0.462 e. The molecule has 0 aromatic carbocycles. The Morgan fingerprint density at radius 2 is 0.979 bits per heavy atom. The molecule has 0 radical (unpaired) electrons. The van der Waals surface area contributed by atoms with Gasteiger partial charge in [0, 0.05) is 12.8 Å². The van der Waals surface area contributed by atoms with E-state index in [4.69, 9.17) is 18.5 Å². The predicted octanol–water partition coefficient (Wildman–Crippen LogP) is 10.5. The topological polar surface area (TPSA) is 108 Å². The van der Waals surface area contributed by atoms with E-state index in [0.717, 1.165) is 32.1 Å². The van der Waals surface area contributed by atoms with Crippen LogP contribution in [-0.4, -0.2) is 74.4 Å². The number of unbranched alkanes of at least 4 members (excludes halogenated alkanes) is 20. The van der Waals surface area contributed by atoms with Gasteiger partial charge < -0.3 is 18.9 Å². The molecule has 0 heterocycles. The van der Waals surface area contributed by atoms with Gasteiger partial charge in [-0.05, 0) is 19.3 Å². The summed E-state index contributed by atoms with van der Waals surface area (Å²) in [6.45, 7) is 6.26. The van der Waals surface area contributed by atoms with Crippen molar-refractivity contribution in [1.29, 1.82) is 0 Å². The predicted molar refractivity (Wildman–Crippen MR) is 197 cm³/mol. The average molecular weight is 707 g/mol. The van der Waals surface area contributed by atoms with Gasteiger partial charge in [0.05, 0.1) is 27.7 Å². The van der Waals surface area contributed by atoms with Crippen LogP contribution in [0.15, 0.2) is 0 Å². The summed E-state index contributed by atoms with van der Waals surface area (Å²) in [6, 6.07) is 0. The van der Waals surface area contributed by atoms with Gasteiger partial charge in [-0.25, -0.2) is 4.57 Å². The van der Waals surface area contributed by atoms with Crippen molar-refractivity contribution >= 4 is 19.8 Å². The normalized spacial score (nSPS) is 14.4. The summed E-state index contributed by atoms with van der Waals surface area (Å²) < 4.78 is 35.0. The Morgan fingerprint density at radius 1 is 0.583 bits per heavy atom. The molecular formula is C38H77NO8P+. The van der Waals surface area contributed by atoms with E-state index in [9.17, 15) is 19.0 Å². The fourth-order valence-electron chi connectivity index (χ4n) is 5.73. The number of carbonyl (C=O) groups is 2. The quantitative estimate of drug-likeness (QED) is 0.0300. The van der Waals surface area contributed by atoms with Crippen LogP contribution in [0.1, 0.15) is 181 Å². The summed E-state index contributed by atoms with van der Waals surface area (Å²) in [6.07, 6.45) is 25.7. The van der Waals surface area contributed by atoms with E-state index >= 15 is 0 Å². The van der Waals surface area contributed by atoms with Gasteiger partial charge in [0.25, 0.3) is 0 Å². The molecule has 0 aromatic heterocycles. The first-order valence-electron chi connectivity index (χ1n) is 19.7. The molecule has 9 nitrogen and oxygen atoms in total. The van der Waals surface area contributed by atoms with Gasteiger partial charge in [-0.15, -0.1) is 0 Å². The zero-order valence-corrected chi connectivity index (χ0v) is 33.0. The highest BCUT2D eigenvalue weighted by Gasteiger charge is 2.31. The molecular weight excluding hydrogens is 629 g/mol. The maximum Gasteiger partial charge on any atom is 0.472 e. The summed E-state index contributed by atoms with van der Waals surface area (Å²) in [5, 5.41) is 0. The molecule has 286 valence electrons. The van der Waals surface area contributed by atoms with Gasteiger partial charge in [-0.2, -0.15) is 0 Å². The third-order valence-electron chi connectivity index (χ3n) is 8.61. The third-order valence-corrected chi connectivity index (χ3v) is 9.65. The van der Waals surface area contributed by atoms with Crippen LogP contribution in [0.2, 0.25) is 0 Å². The number of phosphoric ester groups is 1. The van der Waals surface area contributed by atoms with Gasteiger partial charge in [0.15, 0.2) is 6.10 Å². The molecule has 10 heteroatoms. The van der Waals surface area contributed by atoms with Gasteiger partial charge in [0.2, 0.25) is 0 Å². The van der Waals surface area contributed by atoms with Crippen LogP contribution in [0, 0.1) is 0 Å². The first-order valence-corrected chi connectivity index (χ1v) is 21.2. The molecule has 0 bridgehead atoms. The van der Waals surface area contributed by atoms with E-state index in [1.807, 2.05) is 28.1 Å². The zero-order valence-electron chi connectivity index (χ0n) is 32.2. The SMILES string of the molecule is CCCCCCCCCCCCCC(=O)OC[C@H](COP(=O)(O)OC(CC)C[N+](C)(C)C)OC(=O)CCCCCCCCCCCCC. The number of esters is 2.